The molecule has 0 bridgehead atoms. The van der Waals surface area contributed by atoms with Gasteiger partial charge < -0.3 is 5.73 Å². The fourth-order valence-electron chi connectivity index (χ4n) is 1.34. The second-order valence-electron chi connectivity index (χ2n) is 3.09. The molecule has 0 amide bonds. The van der Waals surface area contributed by atoms with Crippen LogP contribution in [0.25, 0.3) is 0 Å². The minimum absolute atomic E-state index is 0. The molecule has 1 heterocycles. The van der Waals surface area contributed by atoms with Gasteiger partial charge in [-0.15, -0.1) is 12.4 Å². The molecule has 0 aliphatic carbocycles. The number of halogens is 2. The molecule has 15 heavy (non-hydrogen) atoms. The molecule has 0 aliphatic rings. The van der Waals surface area contributed by atoms with E-state index in [-0.39, 0.29) is 24.3 Å². The lowest BCUT2D eigenvalue weighted by molar-refractivity contribution is 0.623. The number of benzene rings is 1. The lowest BCUT2D eigenvalue weighted by atomic mass is 10.0. The molecule has 2 rings (SSSR count). The zero-order chi connectivity index (χ0) is 9.97. The van der Waals surface area contributed by atoms with Crippen LogP contribution in [0.5, 0.6) is 0 Å². The van der Waals surface area contributed by atoms with E-state index < -0.39 is 0 Å². The van der Waals surface area contributed by atoms with Gasteiger partial charge in [0.1, 0.15) is 5.82 Å². The Bertz CT molecular complexity index is 416. The summed E-state index contributed by atoms with van der Waals surface area (Å²) in [4.78, 5) is 0. The summed E-state index contributed by atoms with van der Waals surface area (Å²) in [6.07, 6.45) is 0. The van der Waals surface area contributed by atoms with Crippen LogP contribution >= 0.6 is 23.7 Å². The zero-order valence-corrected chi connectivity index (χ0v) is 9.52. The smallest absolute Gasteiger partial charge is 0.123 e. The first-order valence-electron chi connectivity index (χ1n) is 4.30. The molecule has 0 aliphatic heterocycles. The lowest BCUT2D eigenvalue weighted by Crippen LogP contribution is -2.10. The van der Waals surface area contributed by atoms with Crippen molar-refractivity contribution < 1.29 is 4.39 Å². The molecule has 1 aromatic carbocycles. The molecule has 1 nitrogen and oxygen atoms in total. The summed E-state index contributed by atoms with van der Waals surface area (Å²) >= 11 is 1.59. The van der Waals surface area contributed by atoms with E-state index in [0.717, 1.165) is 11.1 Å². The maximum Gasteiger partial charge on any atom is 0.123 e. The first-order chi connectivity index (χ1) is 6.77. The number of hydrogen-bond acceptors (Lipinski definition) is 2. The lowest BCUT2D eigenvalue weighted by Gasteiger charge is -2.09. The normalized spacial score (nSPS) is 11.9. The molecule has 4 heteroatoms. The molecular formula is C11H11ClFNS. The summed E-state index contributed by atoms with van der Waals surface area (Å²) in [5.41, 5.74) is 7.81. The average Bonchev–Trinajstić information content (AvgIpc) is 2.69. The van der Waals surface area contributed by atoms with E-state index in [9.17, 15) is 4.39 Å². The maximum absolute atomic E-state index is 12.9. The standard InChI is InChI=1S/C11H10FNS.ClH/c12-10-3-1-2-8(6-10)11(13)9-4-5-14-7-9;/h1-7,11H,13H2;1H/t11-;/m0./s1. The van der Waals surface area contributed by atoms with Gasteiger partial charge in [-0.3, -0.25) is 0 Å². The first-order valence-corrected chi connectivity index (χ1v) is 5.25. The second kappa shape index (κ2) is 5.26. The van der Waals surface area contributed by atoms with E-state index in [1.54, 1.807) is 17.4 Å². The van der Waals surface area contributed by atoms with Crippen molar-refractivity contribution in [3.63, 3.8) is 0 Å². The second-order valence-corrected chi connectivity index (χ2v) is 3.87. The van der Waals surface area contributed by atoms with Crippen molar-refractivity contribution in [1.29, 1.82) is 0 Å². The Morgan fingerprint density at radius 2 is 2.00 bits per heavy atom. The summed E-state index contributed by atoms with van der Waals surface area (Å²) in [7, 11) is 0. The minimum Gasteiger partial charge on any atom is -0.320 e. The highest BCUT2D eigenvalue weighted by Crippen LogP contribution is 2.21. The molecule has 0 unspecified atom stereocenters. The van der Waals surface area contributed by atoms with Gasteiger partial charge in [0, 0.05) is 0 Å². The summed E-state index contributed by atoms with van der Waals surface area (Å²) in [6.45, 7) is 0. The number of nitrogens with two attached hydrogens (primary N) is 1. The Balaban J connectivity index is 0.00000112. The molecule has 2 N–H and O–H groups in total. The van der Waals surface area contributed by atoms with Crippen molar-refractivity contribution in [2.45, 2.75) is 6.04 Å². The first kappa shape index (κ1) is 12.2. The van der Waals surface area contributed by atoms with Crippen LogP contribution in [-0.4, -0.2) is 0 Å². The largest absolute Gasteiger partial charge is 0.320 e. The van der Waals surface area contributed by atoms with Crippen molar-refractivity contribution in [2.24, 2.45) is 5.73 Å². The van der Waals surface area contributed by atoms with Crippen LogP contribution in [0, 0.1) is 5.82 Å². The monoisotopic (exact) mass is 243 g/mol. The molecule has 0 saturated heterocycles. The fraction of sp³-hybridized carbons (Fsp3) is 0.0909. The Kier molecular flexibility index (Phi) is 4.27. The third-order valence-electron chi connectivity index (χ3n) is 2.11. The molecule has 0 radical (unpaired) electrons. The number of hydrogen-bond donors (Lipinski definition) is 1. The predicted molar refractivity (Wildman–Crippen MR) is 64.0 cm³/mol. The van der Waals surface area contributed by atoms with Gasteiger partial charge in [-0.25, -0.2) is 4.39 Å². The van der Waals surface area contributed by atoms with E-state index in [4.69, 9.17) is 5.73 Å². The molecular weight excluding hydrogens is 233 g/mol. The van der Waals surface area contributed by atoms with Gasteiger partial charge in [0.2, 0.25) is 0 Å². The maximum atomic E-state index is 12.9. The van der Waals surface area contributed by atoms with Crippen molar-refractivity contribution in [1.82, 2.24) is 0 Å². The van der Waals surface area contributed by atoms with Crippen LogP contribution < -0.4 is 5.73 Å². The Hall–Kier alpha value is -0.900. The molecule has 0 spiro atoms. The van der Waals surface area contributed by atoms with Gasteiger partial charge in [0.05, 0.1) is 6.04 Å². The third-order valence-corrected chi connectivity index (χ3v) is 2.81. The summed E-state index contributed by atoms with van der Waals surface area (Å²) < 4.78 is 12.9. The van der Waals surface area contributed by atoms with Gasteiger partial charge >= 0.3 is 0 Å². The molecule has 0 saturated carbocycles. The van der Waals surface area contributed by atoms with E-state index in [1.807, 2.05) is 22.9 Å². The van der Waals surface area contributed by atoms with Crippen LogP contribution in [0.1, 0.15) is 17.2 Å². The van der Waals surface area contributed by atoms with Gasteiger partial charge in [-0.05, 0) is 40.1 Å². The molecule has 80 valence electrons. The van der Waals surface area contributed by atoms with Crippen LogP contribution in [0.2, 0.25) is 0 Å². The number of thiophene rings is 1. The minimum atomic E-state index is -0.242. The molecule has 1 aromatic heterocycles. The Labute approximate surface area is 98.2 Å². The third kappa shape index (κ3) is 2.78. The highest BCUT2D eigenvalue weighted by atomic mass is 35.5. The topological polar surface area (TPSA) is 26.0 Å². The van der Waals surface area contributed by atoms with Crippen LogP contribution in [0.15, 0.2) is 41.1 Å². The van der Waals surface area contributed by atoms with Crippen LogP contribution in [0.4, 0.5) is 4.39 Å². The van der Waals surface area contributed by atoms with E-state index in [2.05, 4.69) is 0 Å². The van der Waals surface area contributed by atoms with E-state index in [0.29, 0.717) is 0 Å². The van der Waals surface area contributed by atoms with Gasteiger partial charge in [0.15, 0.2) is 0 Å². The van der Waals surface area contributed by atoms with Gasteiger partial charge in [-0.1, -0.05) is 12.1 Å². The summed E-state index contributed by atoms with van der Waals surface area (Å²) in [5, 5.41) is 3.95. The summed E-state index contributed by atoms with van der Waals surface area (Å²) in [5.74, 6) is -0.242. The number of rotatable bonds is 2. The van der Waals surface area contributed by atoms with Crippen LogP contribution in [0.3, 0.4) is 0 Å². The van der Waals surface area contributed by atoms with Crippen molar-refractivity contribution in [3.8, 4) is 0 Å². The quantitative estimate of drug-likeness (QED) is 0.860. The van der Waals surface area contributed by atoms with Gasteiger partial charge in [0.25, 0.3) is 0 Å². The summed E-state index contributed by atoms with van der Waals surface area (Å²) in [6, 6.07) is 8.14. The zero-order valence-electron chi connectivity index (χ0n) is 7.89. The fourth-order valence-corrected chi connectivity index (χ4v) is 2.04. The predicted octanol–water partition coefficient (Wildman–Crippen LogP) is 3.36. The van der Waals surface area contributed by atoms with Crippen molar-refractivity contribution >= 4 is 23.7 Å². The SMILES string of the molecule is Cl.N[C@H](c1ccsc1)c1cccc(F)c1. The molecule has 1 atom stereocenters. The van der Waals surface area contributed by atoms with Crippen molar-refractivity contribution in [3.05, 3.63) is 58.0 Å². The van der Waals surface area contributed by atoms with Gasteiger partial charge in [-0.2, -0.15) is 11.3 Å². The highest BCUT2D eigenvalue weighted by molar-refractivity contribution is 7.08. The van der Waals surface area contributed by atoms with Crippen LogP contribution in [-0.2, 0) is 0 Å². The molecule has 0 fully saturated rings. The Morgan fingerprint density at radius 1 is 1.20 bits per heavy atom. The average molecular weight is 244 g/mol. The van der Waals surface area contributed by atoms with E-state index >= 15 is 0 Å². The van der Waals surface area contributed by atoms with Crippen molar-refractivity contribution in [2.75, 3.05) is 0 Å². The highest BCUT2D eigenvalue weighted by Gasteiger charge is 2.09. The Morgan fingerprint density at radius 3 is 2.60 bits per heavy atom. The van der Waals surface area contributed by atoms with E-state index in [1.165, 1.54) is 12.1 Å². The molecule has 2 aromatic rings.